The fraction of sp³-hybridized carbons (Fsp3) is 0.500. The monoisotopic (exact) mass is 248 g/mol. The molecule has 0 radical (unpaired) electrons. The van der Waals surface area contributed by atoms with Gasteiger partial charge in [0.1, 0.15) is 5.75 Å². The number of hydrogen-bond donors (Lipinski definition) is 2. The molecule has 4 heteroatoms. The Hall–Kier alpha value is -1.55. The molecule has 0 bridgehead atoms. The van der Waals surface area contributed by atoms with Gasteiger partial charge in [-0.2, -0.15) is 0 Å². The summed E-state index contributed by atoms with van der Waals surface area (Å²) in [4.78, 5) is 11.1. The number of rotatable bonds is 4. The summed E-state index contributed by atoms with van der Waals surface area (Å²) in [6, 6.07) is 6.53. The molecule has 98 valence electrons. The first-order valence-corrected chi connectivity index (χ1v) is 6.32. The van der Waals surface area contributed by atoms with Gasteiger partial charge in [0.25, 0.3) is 0 Å². The van der Waals surface area contributed by atoms with Crippen LogP contribution in [-0.4, -0.2) is 25.6 Å². The number of benzene rings is 1. The van der Waals surface area contributed by atoms with E-state index in [1.165, 1.54) is 5.56 Å². The zero-order valence-corrected chi connectivity index (χ0v) is 11.0. The lowest BCUT2D eigenvalue weighted by atomic mass is 10.1. The van der Waals surface area contributed by atoms with E-state index in [0.717, 1.165) is 24.3 Å². The first kappa shape index (κ1) is 12.9. The van der Waals surface area contributed by atoms with Gasteiger partial charge >= 0.3 is 0 Å². The highest BCUT2D eigenvalue weighted by Crippen LogP contribution is 2.19. The van der Waals surface area contributed by atoms with Crippen LogP contribution in [0.25, 0.3) is 0 Å². The SMILES string of the molecule is COc1ccc(C)cc1CNC1CCC(=O)NC1. The third kappa shape index (κ3) is 3.23. The second-order valence-corrected chi connectivity index (χ2v) is 4.74. The summed E-state index contributed by atoms with van der Waals surface area (Å²) in [5, 5.41) is 6.34. The number of nitrogens with one attached hydrogen (secondary N) is 2. The van der Waals surface area contributed by atoms with E-state index >= 15 is 0 Å². The first-order chi connectivity index (χ1) is 8.69. The molecular formula is C14H20N2O2. The Morgan fingerprint density at radius 1 is 1.50 bits per heavy atom. The number of carbonyl (C=O) groups excluding carboxylic acids is 1. The van der Waals surface area contributed by atoms with Crippen LogP contribution in [0.1, 0.15) is 24.0 Å². The minimum atomic E-state index is 0.154. The fourth-order valence-electron chi connectivity index (χ4n) is 2.21. The molecule has 2 N–H and O–H groups in total. The van der Waals surface area contributed by atoms with Gasteiger partial charge in [-0.1, -0.05) is 17.7 Å². The van der Waals surface area contributed by atoms with Crippen molar-refractivity contribution in [2.24, 2.45) is 0 Å². The van der Waals surface area contributed by atoms with Gasteiger partial charge in [0.2, 0.25) is 5.91 Å². The molecule has 1 fully saturated rings. The second kappa shape index (κ2) is 5.87. The molecule has 0 aliphatic carbocycles. The second-order valence-electron chi connectivity index (χ2n) is 4.74. The minimum Gasteiger partial charge on any atom is -0.496 e. The highest BCUT2D eigenvalue weighted by atomic mass is 16.5. The van der Waals surface area contributed by atoms with Crippen molar-refractivity contribution in [3.05, 3.63) is 29.3 Å². The summed E-state index contributed by atoms with van der Waals surface area (Å²) >= 11 is 0. The molecule has 1 aliphatic rings. The molecule has 1 aromatic carbocycles. The van der Waals surface area contributed by atoms with Gasteiger partial charge in [0, 0.05) is 31.1 Å². The summed E-state index contributed by atoms with van der Waals surface area (Å²) in [6.45, 7) is 3.56. The molecule has 0 aromatic heterocycles. The predicted octanol–water partition coefficient (Wildman–Crippen LogP) is 1.37. The molecule has 0 spiro atoms. The highest BCUT2D eigenvalue weighted by molar-refractivity contribution is 5.76. The molecular weight excluding hydrogens is 228 g/mol. The Balaban J connectivity index is 1.93. The molecule has 1 unspecified atom stereocenters. The standard InChI is InChI=1S/C14H20N2O2/c1-10-3-5-13(18-2)11(7-10)8-15-12-4-6-14(17)16-9-12/h3,5,7,12,15H,4,6,8-9H2,1-2H3,(H,16,17). The zero-order valence-electron chi connectivity index (χ0n) is 11.0. The van der Waals surface area contributed by atoms with E-state index in [2.05, 4.69) is 23.6 Å². The van der Waals surface area contributed by atoms with Crippen LogP contribution < -0.4 is 15.4 Å². The molecule has 1 aliphatic heterocycles. The van der Waals surface area contributed by atoms with Crippen molar-refractivity contribution in [1.29, 1.82) is 0 Å². The lowest BCUT2D eigenvalue weighted by Crippen LogP contribution is -2.45. The van der Waals surface area contributed by atoms with Crippen LogP contribution in [-0.2, 0) is 11.3 Å². The quantitative estimate of drug-likeness (QED) is 0.846. The molecule has 2 rings (SSSR count). The maximum absolute atomic E-state index is 11.1. The fourth-order valence-corrected chi connectivity index (χ4v) is 2.21. The van der Waals surface area contributed by atoms with Crippen molar-refractivity contribution in [2.75, 3.05) is 13.7 Å². The van der Waals surface area contributed by atoms with Crippen molar-refractivity contribution in [1.82, 2.24) is 10.6 Å². The number of ether oxygens (including phenoxy) is 1. The average molecular weight is 248 g/mol. The van der Waals surface area contributed by atoms with Crippen molar-refractivity contribution in [3.8, 4) is 5.75 Å². The maximum atomic E-state index is 11.1. The molecule has 1 heterocycles. The molecule has 4 nitrogen and oxygen atoms in total. The number of methoxy groups -OCH3 is 1. The summed E-state index contributed by atoms with van der Waals surface area (Å²) in [5.41, 5.74) is 2.39. The summed E-state index contributed by atoms with van der Waals surface area (Å²) in [7, 11) is 1.69. The Morgan fingerprint density at radius 2 is 2.33 bits per heavy atom. The van der Waals surface area contributed by atoms with Gasteiger partial charge in [-0.25, -0.2) is 0 Å². The van der Waals surface area contributed by atoms with E-state index in [4.69, 9.17) is 4.74 Å². The van der Waals surface area contributed by atoms with E-state index in [1.807, 2.05) is 12.1 Å². The van der Waals surface area contributed by atoms with Crippen LogP contribution in [0.4, 0.5) is 0 Å². The van der Waals surface area contributed by atoms with Gasteiger partial charge in [-0.05, 0) is 19.4 Å². The Bertz CT molecular complexity index is 422. The molecule has 1 amide bonds. The van der Waals surface area contributed by atoms with Crippen LogP contribution in [0.2, 0.25) is 0 Å². The molecule has 1 atom stereocenters. The summed E-state index contributed by atoms with van der Waals surface area (Å²) in [6.07, 6.45) is 1.52. The van der Waals surface area contributed by atoms with Gasteiger partial charge in [-0.3, -0.25) is 4.79 Å². The normalized spacial score (nSPS) is 19.4. The zero-order chi connectivity index (χ0) is 13.0. The number of amides is 1. The number of piperidine rings is 1. The van der Waals surface area contributed by atoms with Gasteiger partial charge in [0.15, 0.2) is 0 Å². The Kier molecular flexibility index (Phi) is 4.20. The lowest BCUT2D eigenvalue weighted by Gasteiger charge is -2.24. The summed E-state index contributed by atoms with van der Waals surface area (Å²) < 4.78 is 5.35. The largest absolute Gasteiger partial charge is 0.496 e. The molecule has 1 saturated heterocycles. The minimum absolute atomic E-state index is 0.154. The average Bonchev–Trinajstić information content (AvgIpc) is 2.38. The first-order valence-electron chi connectivity index (χ1n) is 6.32. The van der Waals surface area contributed by atoms with E-state index in [1.54, 1.807) is 7.11 Å². The highest BCUT2D eigenvalue weighted by Gasteiger charge is 2.17. The van der Waals surface area contributed by atoms with Gasteiger partial charge in [0.05, 0.1) is 7.11 Å². The number of carbonyl (C=O) groups is 1. The Labute approximate surface area is 108 Å². The van der Waals surface area contributed by atoms with Crippen LogP contribution in [0.3, 0.4) is 0 Å². The van der Waals surface area contributed by atoms with Gasteiger partial charge in [-0.15, -0.1) is 0 Å². The lowest BCUT2D eigenvalue weighted by molar-refractivity contribution is -0.122. The van der Waals surface area contributed by atoms with Crippen LogP contribution >= 0.6 is 0 Å². The number of hydrogen-bond acceptors (Lipinski definition) is 3. The van der Waals surface area contributed by atoms with E-state index in [0.29, 0.717) is 19.0 Å². The predicted molar refractivity (Wildman–Crippen MR) is 70.6 cm³/mol. The van der Waals surface area contributed by atoms with Crippen molar-refractivity contribution in [3.63, 3.8) is 0 Å². The molecule has 18 heavy (non-hydrogen) atoms. The van der Waals surface area contributed by atoms with Crippen LogP contribution in [0, 0.1) is 6.92 Å². The number of aryl methyl sites for hydroxylation is 1. The molecule has 0 saturated carbocycles. The Morgan fingerprint density at radius 3 is 3.00 bits per heavy atom. The van der Waals surface area contributed by atoms with E-state index in [-0.39, 0.29) is 5.91 Å². The third-order valence-corrected chi connectivity index (χ3v) is 3.28. The van der Waals surface area contributed by atoms with E-state index < -0.39 is 0 Å². The van der Waals surface area contributed by atoms with Crippen molar-refractivity contribution >= 4 is 5.91 Å². The van der Waals surface area contributed by atoms with Crippen molar-refractivity contribution in [2.45, 2.75) is 32.4 Å². The van der Waals surface area contributed by atoms with E-state index in [9.17, 15) is 4.79 Å². The molecule has 1 aromatic rings. The third-order valence-electron chi connectivity index (χ3n) is 3.28. The smallest absolute Gasteiger partial charge is 0.220 e. The summed E-state index contributed by atoms with van der Waals surface area (Å²) in [5.74, 6) is 1.06. The van der Waals surface area contributed by atoms with Crippen LogP contribution in [0.15, 0.2) is 18.2 Å². The maximum Gasteiger partial charge on any atom is 0.220 e. The van der Waals surface area contributed by atoms with Gasteiger partial charge < -0.3 is 15.4 Å². The van der Waals surface area contributed by atoms with Crippen LogP contribution in [0.5, 0.6) is 5.75 Å². The topological polar surface area (TPSA) is 50.4 Å². The van der Waals surface area contributed by atoms with Crippen molar-refractivity contribution < 1.29 is 9.53 Å².